The Labute approximate surface area is 416 Å². The smallest absolute Gasteiger partial charge is 0.0541 e. The Bertz CT molecular complexity index is 4370. The average molecular weight is 913 g/mol. The molecule has 0 saturated heterocycles. The fourth-order valence-corrected chi connectivity index (χ4v) is 11.9. The van der Waals surface area contributed by atoms with Crippen molar-refractivity contribution in [2.75, 3.05) is 0 Å². The summed E-state index contributed by atoms with van der Waals surface area (Å²) in [4.78, 5) is 0. The van der Waals surface area contributed by atoms with Gasteiger partial charge >= 0.3 is 0 Å². The summed E-state index contributed by atoms with van der Waals surface area (Å²) in [5.74, 6) is 0. The van der Waals surface area contributed by atoms with E-state index in [1.807, 2.05) is 0 Å². The van der Waals surface area contributed by atoms with Crippen LogP contribution in [0.4, 0.5) is 0 Å². The minimum absolute atomic E-state index is 1.17. The molecule has 2 heterocycles. The number of hydrogen-bond acceptors (Lipinski definition) is 0. The zero-order valence-electron chi connectivity index (χ0n) is 39.3. The highest BCUT2D eigenvalue weighted by molar-refractivity contribution is 6.23. The van der Waals surface area contributed by atoms with Crippen LogP contribution in [-0.4, -0.2) is 9.13 Å². The number of para-hydroxylation sites is 2. The van der Waals surface area contributed by atoms with Crippen molar-refractivity contribution in [3.8, 4) is 55.9 Å². The molecule has 0 bridgehead atoms. The molecular weight excluding hydrogens is 869 g/mol. The van der Waals surface area contributed by atoms with E-state index < -0.39 is 0 Å². The molecule has 2 nitrogen and oxygen atoms in total. The van der Waals surface area contributed by atoms with Crippen molar-refractivity contribution in [3.05, 3.63) is 267 Å². The van der Waals surface area contributed by atoms with Crippen LogP contribution in [-0.2, 0) is 0 Å². The van der Waals surface area contributed by atoms with Gasteiger partial charge in [0.15, 0.2) is 0 Å². The lowest BCUT2D eigenvalue weighted by Crippen LogP contribution is -1.94. The molecule has 0 atom stereocenters. The second-order valence-electron chi connectivity index (χ2n) is 19.2. The van der Waals surface area contributed by atoms with E-state index in [1.54, 1.807) is 0 Å². The lowest BCUT2D eigenvalue weighted by molar-refractivity contribution is 1.19. The van der Waals surface area contributed by atoms with Gasteiger partial charge in [-0.25, -0.2) is 0 Å². The van der Waals surface area contributed by atoms with Crippen LogP contribution in [0.25, 0.3) is 143 Å². The maximum absolute atomic E-state index is 2.44. The number of hydrogen-bond donors (Lipinski definition) is 0. The third-order valence-corrected chi connectivity index (χ3v) is 15.2. The van der Waals surface area contributed by atoms with E-state index in [0.29, 0.717) is 0 Å². The minimum Gasteiger partial charge on any atom is -0.309 e. The zero-order chi connectivity index (χ0) is 47.3. The molecule has 0 aliphatic heterocycles. The van der Waals surface area contributed by atoms with E-state index in [4.69, 9.17) is 0 Å². The summed E-state index contributed by atoms with van der Waals surface area (Å²) in [6.45, 7) is 0. The molecule has 15 aromatic rings. The molecule has 334 valence electrons. The Morgan fingerprint density at radius 3 is 0.972 bits per heavy atom. The maximum Gasteiger partial charge on any atom is 0.0541 e. The van der Waals surface area contributed by atoms with Crippen molar-refractivity contribution in [2.45, 2.75) is 0 Å². The molecule has 0 spiro atoms. The molecule has 15 rings (SSSR count). The van der Waals surface area contributed by atoms with Crippen molar-refractivity contribution in [2.24, 2.45) is 0 Å². The lowest BCUT2D eigenvalue weighted by atomic mass is 9.84. The number of rotatable bonds is 6. The fraction of sp³-hybridized carbons (Fsp3) is 0. The van der Waals surface area contributed by atoms with Gasteiger partial charge in [0.25, 0.3) is 0 Å². The summed E-state index contributed by atoms with van der Waals surface area (Å²) < 4.78 is 4.84. The van der Waals surface area contributed by atoms with Crippen molar-refractivity contribution in [3.63, 3.8) is 0 Å². The van der Waals surface area contributed by atoms with Gasteiger partial charge < -0.3 is 9.13 Å². The van der Waals surface area contributed by atoms with Crippen molar-refractivity contribution in [1.82, 2.24) is 9.13 Å². The SMILES string of the molecule is c1ccc(-c2c3ccc(-c4ccc5c(c4)c4ccccc4n5-c4ccc5ccccc5c4)cc3c(-c3ccccc3)c3ccc(-c4ccc5c(c4)c4ccccc4n5-c4ccc5ccccc5c4)cc23)cc1. The highest BCUT2D eigenvalue weighted by atomic mass is 15.0. The van der Waals surface area contributed by atoms with Gasteiger partial charge in [-0.1, -0.05) is 194 Å². The number of fused-ring (bicyclic) bond motifs is 10. The van der Waals surface area contributed by atoms with Gasteiger partial charge in [-0.3, -0.25) is 0 Å². The third kappa shape index (κ3) is 6.29. The van der Waals surface area contributed by atoms with Crippen LogP contribution in [0.3, 0.4) is 0 Å². The molecule has 0 N–H and O–H groups in total. The van der Waals surface area contributed by atoms with E-state index in [0.717, 1.165) is 0 Å². The van der Waals surface area contributed by atoms with Crippen molar-refractivity contribution in [1.29, 1.82) is 0 Å². The molecule has 0 aliphatic carbocycles. The molecule has 0 aliphatic rings. The lowest BCUT2D eigenvalue weighted by Gasteiger charge is -2.20. The maximum atomic E-state index is 2.44. The van der Waals surface area contributed by atoms with Gasteiger partial charge in [0.2, 0.25) is 0 Å². The number of nitrogens with zero attached hydrogens (tertiary/aromatic N) is 2. The monoisotopic (exact) mass is 912 g/mol. The Balaban J connectivity index is 0.927. The molecule has 2 heteroatoms. The minimum atomic E-state index is 1.17. The first kappa shape index (κ1) is 40.4. The molecular formula is C70H44N2. The van der Waals surface area contributed by atoms with Crippen LogP contribution >= 0.6 is 0 Å². The highest BCUT2D eigenvalue weighted by Gasteiger charge is 2.21. The summed E-state index contributed by atoms with van der Waals surface area (Å²) in [6, 6.07) is 98.8. The molecule has 13 aromatic carbocycles. The molecule has 0 fully saturated rings. The van der Waals surface area contributed by atoms with Crippen LogP contribution in [0.5, 0.6) is 0 Å². The van der Waals surface area contributed by atoms with Crippen molar-refractivity contribution >= 4 is 86.7 Å². The van der Waals surface area contributed by atoms with Gasteiger partial charge in [0, 0.05) is 32.9 Å². The van der Waals surface area contributed by atoms with Crippen LogP contribution in [0.15, 0.2) is 267 Å². The van der Waals surface area contributed by atoms with Crippen LogP contribution in [0.1, 0.15) is 0 Å². The summed E-state index contributed by atoms with van der Waals surface area (Å²) >= 11 is 0. The molecule has 0 saturated carbocycles. The topological polar surface area (TPSA) is 9.86 Å². The standard InChI is InChI=1S/C70H44N2/c1-3-17-47(18-4-1)69-59-35-29-52(54-32-38-68-62(42-54)58-24-12-14-26-66(58)72(68)56-34-28-46-16-8-10-22-50(46)40-56)44-64(59)70(48-19-5-2-6-20-48)60-36-30-51(43-63(60)69)53-31-37-67-61(41-53)57-23-11-13-25-65(57)71(67)55-33-27-45-15-7-9-21-49(45)39-55/h1-44H. The second kappa shape index (κ2) is 16.0. The quantitative estimate of drug-likeness (QED) is 0.147. The molecule has 0 unspecified atom stereocenters. The summed E-state index contributed by atoms with van der Waals surface area (Å²) in [5.41, 5.74) is 16.8. The van der Waals surface area contributed by atoms with Gasteiger partial charge in [-0.2, -0.15) is 0 Å². The normalized spacial score (nSPS) is 11.9. The summed E-state index contributed by atoms with van der Waals surface area (Å²) in [6.07, 6.45) is 0. The van der Waals surface area contributed by atoms with Crippen LogP contribution in [0.2, 0.25) is 0 Å². The molecule has 2 aromatic heterocycles. The molecule has 0 radical (unpaired) electrons. The predicted molar refractivity (Wildman–Crippen MR) is 307 cm³/mol. The summed E-state index contributed by atoms with van der Waals surface area (Å²) in [5, 5.41) is 14.9. The van der Waals surface area contributed by atoms with Gasteiger partial charge in [-0.15, -0.1) is 0 Å². The number of benzene rings is 13. The molecule has 72 heavy (non-hydrogen) atoms. The Kier molecular flexibility index (Phi) is 8.99. The van der Waals surface area contributed by atoms with E-state index in [2.05, 4.69) is 276 Å². The Morgan fingerprint density at radius 1 is 0.181 bits per heavy atom. The number of aromatic nitrogens is 2. The van der Waals surface area contributed by atoms with E-state index in [1.165, 1.54) is 143 Å². The average Bonchev–Trinajstić information content (AvgIpc) is 3.96. The largest absolute Gasteiger partial charge is 0.309 e. The third-order valence-electron chi connectivity index (χ3n) is 15.2. The first-order valence-electron chi connectivity index (χ1n) is 24.9. The Morgan fingerprint density at radius 2 is 0.528 bits per heavy atom. The van der Waals surface area contributed by atoms with E-state index >= 15 is 0 Å². The van der Waals surface area contributed by atoms with Crippen molar-refractivity contribution < 1.29 is 0 Å². The fourth-order valence-electron chi connectivity index (χ4n) is 11.9. The van der Waals surface area contributed by atoms with Crippen LogP contribution in [0, 0.1) is 0 Å². The first-order valence-corrected chi connectivity index (χ1v) is 24.9. The summed E-state index contributed by atoms with van der Waals surface area (Å²) in [7, 11) is 0. The van der Waals surface area contributed by atoms with Gasteiger partial charge in [0.1, 0.15) is 0 Å². The van der Waals surface area contributed by atoms with E-state index in [9.17, 15) is 0 Å². The first-order chi connectivity index (χ1) is 35.7. The van der Waals surface area contributed by atoms with E-state index in [-0.39, 0.29) is 0 Å². The zero-order valence-corrected chi connectivity index (χ0v) is 39.3. The van der Waals surface area contributed by atoms with Gasteiger partial charge in [0.05, 0.1) is 22.1 Å². The van der Waals surface area contributed by atoms with Crippen LogP contribution < -0.4 is 0 Å². The Hall–Kier alpha value is -9.50. The predicted octanol–water partition coefficient (Wildman–Crippen LogP) is 19.2. The highest BCUT2D eigenvalue weighted by Crippen LogP contribution is 2.47. The molecule has 0 amide bonds. The van der Waals surface area contributed by atoms with Gasteiger partial charge in [-0.05, 0) is 160 Å². The second-order valence-corrected chi connectivity index (χ2v) is 19.2.